The molecule has 0 radical (unpaired) electrons. The highest BCUT2D eigenvalue weighted by Crippen LogP contribution is 2.34. The molecule has 3 aliphatic rings. The Hall–Kier alpha value is -1.64. The summed E-state index contributed by atoms with van der Waals surface area (Å²) < 4.78 is 0. The van der Waals surface area contributed by atoms with E-state index in [2.05, 4.69) is 10.1 Å². The summed E-state index contributed by atoms with van der Waals surface area (Å²) in [5, 5.41) is 3.94. The zero-order valence-corrected chi connectivity index (χ0v) is 6.27. The van der Waals surface area contributed by atoms with Crippen LogP contribution in [0.4, 0.5) is 0 Å². The summed E-state index contributed by atoms with van der Waals surface area (Å²) in [5.41, 5.74) is 1.97. The van der Waals surface area contributed by atoms with E-state index in [-0.39, 0.29) is 5.92 Å². The molecule has 0 bridgehead atoms. The Bertz CT molecular complexity index is 385. The maximum atomic E-state index is 5.14. The largest absolute Gasteiger partial charge is 0.360 e. The SMILES string of the molecule is C1=CC2=NOC3=CC=NC(=C1)C32. The maximum Gasteiger partial charge on any atom is 0.151 e. The van der Waals surface area contributed by atoms with Crippen molar-refractivity contribution in [3.05, 3.63) is 35.8 Å². The van der Waals surface area contributed by atoms with Gasteiger partial charge in [-0.1, -0.05) is 11.2 Å². The molecule has 12 heavy (non-hydrogen) atoms. The zero-order chi connectivity index (χ0) is 7.97. The minimum Gasteiger partial charge on any atom is -0.360 e. The Balaban J connectivity index is 2.22. The summed E-state index contributed by atoms with van der Waals surface area (Å²) in [4.78, 5) is 9.38. The molecule has 58 valence electrons. The third-order valence-electron chi connectivity index (χ3n) is 2.13. The molecule has 0 aromatic heterocycles. The van der Waals surface area contributed by atoms with Gasteiger partial charge in [0.15, 0.2) is 5.76 Å². The third kappa shape index (κ3) is 0.605. The lowest BCUT2D eigenvalue weighted by atomic mass is 9.92. The summed E-state index contributed by atoms with van der Waals surface area (Å²) in [6, 6.07) is 0. The lowest BCUT2D eigenvalue weighted by Crippen LogP contribution is -2.16. The molecule has 0 saturated carbocycles. The van der Waals surface area contributed by atoms with E-state index in [4.69, 9.17) is 4.84 Å². The summed E-state index contributed by atoms with van der Waals surface area (Å²) in [6.07, 6.45) is 9.49. The fourth-order valence-corrected chi connectivity index (χ4v) is 1.56. The summed E-state index contributed by atoms with van der Waals surface area (Å²) in [6.45, 7) is 0. The molecule has 1 aliphatic carbocycles. The van der Waals surface area contributed by atoms with Crippen molar-refractivity contribution in [3.8, 4) is 0 Å². The quantitative estimate of drug-likeness (QED) is 0.524. The molecule has 3 nitrogen and oxygen atoms in total. The van der Waals surface area contributed by atoms with E-state index in [9.17, 15) is 0 Å². The molecule has 1 unspecified atom stereocenters. The maximum absolute atomic E-state index is 5.14. The Kier molecular flexibility index (Phi) is 0.961. The first-order valence-electron chi connectivity index (χ1n) is 3.82. The van der Waals surface area contributed by atoms with Crippen molar-refractivity contribution in [2.75, 3.05) is 0 Å². The van der Waals surface area contributed by atoms with Crippen molar-refractivity contribution in [1.82, 2.24) is 0 Å². The van der Waals surface area contributed by atoms with E-state index >= 15 is 0 Å². The van der Waals surface area contributed by atoms with Crippen molar-refractivity contribution in [3.63, 3.8) is 0 Å². The van der Waals surface area contributed by atoms with Crippen LogP contribution >= 0.6 is 0 Å². The van der Waals surface area contributed by atoms with Gasteiger partial charge in [-0.2, -0.15) is 0 Å². The number of allylic oxidation sites excluding steroid dienone is 4. The van der Waals surface area contributed by atoms with Crippen molar-refractivity contribution >= 4 is 11.9 Å². The smallest absolute Gasteiger partial charge is 0.151 e. The first-order valence-corrected chi connectivity index (χ1v) is 3.82. The molecule has 0 N–H and O–H groups in total. The van der Waals surface area contributed by atoms with Crippen LogP contribution in [0.3, 0.4) is 0 Å². The lowest BCUT2D eigenvalue weighted by molar-refractivity contribution is 0.235. The average Bonchev–Trinajstić information content (AvgIpc) is 2.52. The van der Waals surface area contributed by atoms with Crippen LogP contribution in [0.25, 0.3) is 0 Å². The van der Waals surface area contributed by atoms with Gasteiger partial charge in [0.05, 0.1) is 11.4 Å². The second-order valence-electron chi connectivity index (χ2n) is 2.84. The van der Waals surface area contributed by atoms with Gasteiger partial charge >= 0.3 is 0 Å². The van der Waals surface area contributed by atoms with Gasteiger partial charge in [0, 0.05) is 6.21 Å². The summed E-state index contributed by atoms with van der Waals surface area (Å²) in [7, 11) is 0. The van der Waals surface area contributed by atoms with Crippen LogP contribution < -0.4 is 0 Å². The van der Waals surface area contributed by atoms with E-state index in [1.807, 2.05) is 24.3 Å². The Morgan fingerprint density at radius 1 is 1.33 bits per heavy atom. The zero-order valence-electron chi connectivity index (χ0n) is 6.27. The predicted octanol–water partition coefficient (Wildman–Crippen LogP) is 1.41. The molecule has 2 heterocycles. The van der Waals surface area contributed by atoms with Gasteiger partial charge < -0.3 is 4.84 Å². The predicted molar refractivity (Wildman–Crippen MR) is 45.8 cm³/mol. The van der Waals surface area contributed by atoms with Crippen molar-refractivity contribution < 1.29 is 4.84 Å². The highest BCUT2D eigenvalue weighted by atomic mass is 16.6. The minimum atomic E-state index is 0.167. The highest BCUT2D eigenvalue weighted by molar-refractivity contribution is 6.04. The number of nitrogens with zero attached hydrogens (tertiary/aromatic N) is 2. The number of oxime groups is 1. The fraction of sp³-hybridized carbons (Fsp3) is 0.111. The molecule has 0 aromatic carbocycles. The van der Waals surface area contributed by atoms with E-state index in [0.717, 1.165) is 17.2 Å². The van der Waals surface area contributed by atoms with E-state index in [1.165, 1.54) is 0 Å². The molecule has 0 amide bonds. The van der Waals surface area contributed by atoms with Crippen LogP contribution in [0, 0.1) is 5.92 Å². The average molecular weight is 158 g/mol. The standard InChI is InChI=1S/C9H6N2O/c1-2-6-9-7(3-1)11-12-8(9)4-5-10-6/h1-5,9H. The Morgan fingerprint density at radius 3 is 3.33 bits per heavy atom. The van der Waals surface area contributed by atoms with Crippen molar-refractivity contribution in [2.45, 2.75) is 0 Å². The van der Waals surface area contributed by atoms with Gasteiger partial charge in [0.25, 0.3) is 0 Å². The summed E-state index contributed by atoms with van der Waals surface area (Å²) in [5.74, 6) is 1.05. The Morgan fingerprint density at radius 2 is 2.33 bits per heavy atom. The molecule has 1 atom stereocenters. The summed E-state index contributed by atoms with van der Waals surface area (Å²) >= 11 is 0. The van der Waals surface area contributed by atoms with Crippen LogP contribution in [0.1, 0.15) is 0 Å². The molecular weight excluding hydrogens is 152 g/mol. The van der Waals surface area contributed by atoms with Gasteiger partial charge in [0.1, 0.15) is 5.92 Å². The van der Waals surface area contributed by atoms with Crippen LogP contribution in [0.5, 0.6) is 0 Å². The second-order valence-corrected chi connectivity index (χ2v) is 2.84. The molecule has 0 spiro atoms. The first-order chi connectivity index (χ1) is 5.95. The molecule has 0 fully saturated rings. The molecule has 3 rings (SSSR count). The number of rotatable bonds is 0. The van der Waals surface area contributed by atoms with Crippen LogP contribution in [-0.4, -0.2) is 11.9 Å². The Labute approximate surface area is 69.4 Å². The van der Waals surface area contributed by atoms with Crippen LogP contribution in [0.15, 0.2) is 45.9 Å². The van der Waals surface area contributed by atoms with E-state index < -0.39 is 0 Å². The van der Waals surface area contributed by atoms with Crippen molar-refractivity contribution in [1.29, 1.82) is 0 Å². The number of aliphatic imine (C=N–C) groups is 1. The number of hydrogen-bond donors (Lipinski definition) is 0. The molecule has 2 aliphatic heterocycles. The topological polar surface area (TPSA) is 34.0 Å². The molecule has 0 aromatic rings. The normalized spacial score (nSPS) is 28.7. The van der Waals surface area contributed by atoms with Gasteiger partial charge in [-0.3, -0.25) is 4.99 Å². The number of hydrogen-bond acceptors (Lipinski definition) is 3. The first kappa shape index (κ1) is 5.94. The van der Waals surface area contributed by atoms with Gasteiger partial charge in [-0.05, 0) is 18.2 Å². The molecule has 0 saturated heterocycles. The van der Waals surface area contributed by atoms with Crippen LogP contribution in [-0.2, 0) is 4.84 Å². The number of dihydropyridines is 1. The van der Waals surface area contributed by atoms with Gasteiger partial charge in [-0.15, -0.1) is 0 Å². The van der Waals surface area contributed by atoms with Gasteiger partial charge in [-0.25, -0.2) is 0 Å². The molecule has 3 heteroatoms. The van der Waals surface area contributed by atoms with Crippen LogP contribution in [0.2, 0.25) is 0 Å². The monoisotopic (exact) mass is 158 g/mol. The van der Waals surface area contributed by atoms with Crippen molar-refractivity contribution in [2.24, 2.45) is 16.1 Å². The van der Waals surface area contributed by atoms with Gasteiger partial charge in [0.2, 0.25) is 0 Å². The fourth-order valence-electron chi connectivity index (χ4n) is 1.56. The molecular formula is C9H6N2O. The van der Waals surface area contributed by atoms with E-state index in [1.54, 1.807) is 6.21 Å². The minimum absolute atomic E-state index is 0.167. The highest BCUT2D eigenvalue weighted by Gasteiger charge is 2.33. The lowest BCUT2D eigenvalue weighted by Gasteiger charge is -2.15. The van der Waals surface area contributed by atoms with E-state index in [0.29, 0.717) is 0 Å². The second kappa shape index (κ2) is 1.94. The third-order valence-corrected chi connectivity index (χ3v) is 2.13.